The normalized spacial score (nSPS) is 27.2. The first kappa shape index (κ1) is 27.3. The predicted molar refractivity (Wildman–Crippen MR) is 156 cm³/mol. The summed E-state index contributed by atoms with van der Waals surface area (Å²) in [5, 5.41) is 11.5. The van der Waals surface area contributed by atoms with Gasteiger partial charge in [-0.3, -0.25) is 9.59 Å². The molecule has 2 aliphatic carbocycles. The van der Waals surface area contributed by atoms with Crippen LogP contribution in [0.1, 0.15) is 51.6 Å². The lowest BCUT2D eigenvalue weighted by atomic mass is 9.43. The quantitative estimate of drug-likeness (QED) is 0.434. The molecule has 0 saturated heterocycles. The van der Waals surface area contributed by atoms with E-state index < -0.39 is 34.2 Å². The van der Waals surface area contributed by atoms with Crippen molar-refractivity contribution in [3.8, 4) is 17.2 Å². The molecule has 1 aliphatic heterocycles. The van der Waals surface area contributed by atoms with Gasteiger partial charge in [-0.15, -0.1) is 0 Å². The van der Waals surface area contributed by atoms with Crippen molar-refractivity contribution in [1.82, 2.24) is 13.9 Å². The van der Waals surface area contributed by atoms with Gasteiger partial charge in [-0.05, 0) is 61.3 Å². The second-order valence-electron chi connectivity index (χ2n) is 11.5. The van der Waals surface area contributed by atoms with E-state index in [4.69, 9.17) is 4.74 Å². The zero-order valence-corrected chi connectivity index (χ0v) is 25.0. The van der Waals surface area contributed by atoms with Crippen molar-refractivity contribution in [2.24, 2.45) is 10.8 Å². The van der Waals surface area contributed by atoms with E-state index in [-0.39, 0.29) is 36.0 Å². The van der Waals surface area contributed by atoms with Crippen LogP contribution in [0, 0.1) is 10.8 Å². The van der Waals surface area contributed by atoms with Gasteiger partial charge >= 0.3 is 11.4 Å². The number of phenolic OH excluding ortho intramolecular Hbond substituents is 1. The molecule has 0 radical (unpaired) electrons. The number of aromatic hydroxyl groups is 1. The molecule has 0 unspecified atom stereocenters. The van der Waals surface area contributed by atoms with Gasteiger partial charge in [0, 0.05) is 21.4 Å². The second-order valence-corrected chi connectivity index (χ2v) is 12.4. The van der Waals surface area contributed by atoms with Crippen LogP contribution in [-0.2, 0) is 16.1 Å². The molecule has 212 valence electrons. The summed E-state index contributed by atoms with van der Waals surface area (Å²) in [4.78, 5) is 56.1. The number of aromatic nitrogens is 3. The van der Waals surface area contributed by atoms with Crippen molar-refractivity contribution in [2.45, 2.75) is 52.6 Å². The Kier molecular flexibility index (Phi) is 6.01. The van der Waals surface area contributed by atoms with Gasteiger partial charge in [0.25, 0.3) is 0 Å². The highest BCUT2D eigenvalue weighted by molar-refractivity contribution is 9.10. The lowest BCUT2D eigenvalue weighted by Crippen LogP contribution is -2.61. The van der Waals surface area contributed by atoms with E-state index in [2.05, 4.69) is 15.9 Å². The molecule has 0 amide bonds. The summed E-state index contributed by atoms with van der Waals surface area (Å²) >= 11 is 3.51. The number of ketones is 2. The summed E-state index contributed by atoms with van der Waals surface area (Å²) in [6.45, 7) is 6.98. The predicted octanol–water partition coefficient (Wildman–Crippen LogP) is 4.45. The smallest absolute Gasteiger partial charge is 0.352 e. The molecule has 0 spiro atoms. The Labute approximate surface area is 244 Å². The van der Waals surface area contributed by atoms with E-state index >= 15 is 0 Å². The highest BCUT2D eigenvalue weighted by Gasteiger charge is 2.67. The fraction of sp³-hybridized carbons (Fsp3) is 0.355. The molecule has 6 rings (SSSR count). The maximum absolute atomic E-state index is 14.3. The number of hydrogen-bond donors (Lipinski definition) is 1. The minimum atomic E-state index is -1.30. The van der Waals surface area contributed by atoms with Crippen molar-refractivity contribution >= 4 is 27.5 Å². The van der Waals surface area contributed by atoms with E-state index in [1.807, 2.05) is 6.08 Å². The summed E-state index contributed by atoms with van der Waals surface area (Å²) < 4.78 is 10.0. The molecule has 0 bridgehead atoms. The zero-order chi connectivity index (χ0) is 29.6. The van der Waals surface area contributed by atoms with Gasteiger partial charge in [-0.2, -0.15) is 0 Å². The molecule has 1 aromatic heterocycles. The van der Waals surface area contributed by atoms with Crippen molar-refractivity contribution in [1.29, 1.82) is 0 Å². The van der Waals surface area contributed by atoms with Crippen LogP contribution in [0.5, 0.6) is 11.5 Å². The summed E-state index contributed by atoms with van der Waals surface area (Å²) in [6, 6.07) is 11.3. The Bertz CT molecular complexity index is 1850. The largest absolute Gasteiger partial charge is 0.504 e. The van der Waals surface area contributed by atoms with Crippen molar-refractivity contribution in [3.05, 3.63) is 96.3 Å². The number of methoxy groups -OCH3 is 1. The maximum atomic E-state index is 14.3. The van der Waals surface area contributed by atoms with E-state index in [9.17, 15) is 24.3 Å². The number of nitrogens with zero attached hydrogens (tertiary/aromatic N) is 3. The number of hydrogen-bond acceptors (Lipinski definition) is 6. The zero-order valence-electron chi connectivity index (χ0n) is 23.4. The molecule has 41 heavy (non-hydrogen) atoms. The first-order valence-electron chi connectivity index (χ1n) is 13.4. The fourth-order valence-electron chi connectivity index (χ4n) is 7.31. The molecule has 1 N–H and O–H groups in total. The minimum absolute atomic E-state index is 0.0882. The van der Waals surface area contributed by atoms with Crippen LogP contribution in [0.3, 0.4) is 0 Å². The van der Waals surface area contributed by atoms with Gasteiger partial charge in [0.05, 0.1) is 30.8 Å². The molecular weight excluding hydrogens is 590 g/mol. The Morgan fingerprint density at radius 2 is 1.63 bits per heavy atom. The lowest BCUT2D eigenvalue weighted by Gasteiger charge is -2.58. The highest BCUT2D eigenvalue weighted by atomic mass is 79.9. The summed E-state index contributed by atoms with van der Waals surface area (Å²) in [6.07, 6.45) is 1.99. The molecule has 2 heterocycles. The van der Waals surface area contributed by atoms with Crippen LogP contribution >= 0.6 is 15.9 Å². The third-order valence-electron chi connectivity index (χ3n) is 9.73. The van der Waals surface area contributed by atoms with Gasteiger partial charge in [0.1, 0.15) is 0 Å². The van der Waals surface area contributed by atoms with Crippen LogP contribution in [0.2, 0.25) is 0 Å². The molecule has 3 aliphatic rings. The Balaban J connectivity index is 1.68. The number of allylic oxidation sites excluding steroid dienone is 4. The number of carbonyl (C=O) groups excluding carboxylic acids is 2. The van der Waals surface area contributed by atoms with Gasteiger partial charge in [0.15, 0.2) is 23.1 Å². The van der Waals surface area contributed by atoms with E-state index in [0.29, 0.717) is 32.4 Å². The average Bonchev–Trinajstić information content (AvgIpc) is 3.22. The highest BCUT2D eigenvalue weighted by Crippen LogP contribution is 2.67. The SMILES string of the molecule is COc1cc(Br)cc([C@H]2C3=CCn4c(=O)n(-c5ccccc5)c(=O)n4[C@@H]3C[C@@]3(C)C(=O)C(C)=C(C)C(=O)[C@@]23C)c1O. The Hall–Kier alpha value is -3.92. The number of ether oxygens (including phenoxy) is 1. The fourth-order valence-corrected chi connectivity index (χ4v) is 7.76. The van der Waals surface area contributed by atoms with E-state index in [1.165, 1.54) is 16.5 Å². The van der Waals surface area contributed by atoms with Gasteiger partial charge in [-0.1, -0.05) is 54.1 Å². The number of fused-ring (bicyclic) bond motifs is 4. The number of rotatable bonds is 3. The monoisotopic (exact) mass is 619 g/mol. The van der Waals surface area contributed by atoms with Gasteiger partial charge < -0.3 is 9.84 Å². The van der Waals surface area contributed by atoms with Crippen molar-refractivity contribution < 1.29 is 19.4 Å². The Morgan fingerprint density at radius 1 is 0.976 bits per heavy atom. The number of Topliss-reactive ketones (excluding diaryl/α,β-unsaturated/α-hetero) is 2. The Morgan fingerprint density at radius 3 is 2.29 bits per heavy atom. The van der Waals surface area contributed by atoms with E-state index in [0.717, 1.165) is 4.57 Å². The second kappa shape index (κ2) is 9.04. The topological polar surface area (TPSA) is 113 Å². The molecule has 3 aromatic rings. The number of carbonyl (C=O) groups is 2. The van der Waals surface area contributed by atoms with Gasteiger partial charge in [-0.25, -0.2) is 23.5 Å². The van der Waals surface area contributed by atoms with Crippen LogP contribution in [0.15, 0.2) is 79.3 Å². The average molecular weight is 621 g/mol. The molecule has 9 nitrogen and oxygen atoms in total. The molecule has 4 atom stereocenters. The third kappa shape index (κ3) is 3.40. The van der Waals surface area contributed by atoms with Crippen LogP contribution < -0.4 is 16.1 Å². The minimum Gasteiger partial charge on any atom is -0.504 e. The van der Waals surface area contributed by atoms with Gasteiger partial charge in [0.2, 0.25) is 0 Å². The van der Waals surface area contributed by atoms with Crippen LogP contribution in [0.4, 0.5) is 0 Å². The third-order valence-corrected chi connectivity index (χ3v) is 10.2. The first-order chi connectivity index (χ1) is 19.4. The van der Waals surface area contributed by atoms with Crippen LogP contribution in [-0.4, -0.2) is 37.7 Å². The van der Waals surface area contributed by atoms with E-state index in [1.54, 1.807) is 70.2 Å². The standard InChI is InChI=1S/C31H30BrN3O6/c1-16-17(2)27(38)31(4)24(21-13-18(32)14-23(41-5)25(21)36)20-11-12-33-28(39)34(19-9-7-6-8-10-19)29(40)35(33)22(20)15-30(31,3)26(16)37/h6-11,13-14,22,24,36H,12,15H2,1-5H3/t22-,24-,30+,31-/m1/s1. The first-order valence-corrected chi connectivity index (χ1v) is 14.2. The lowest BCUT2D eigenvalue weighted by molar-refractivity contribution is -0.151. The summed E-state index contributed by atoms with van der Waals surface area (Å²) in [7, 11) is 1.44. The van der Waals surface area contributed by atoms with Crippen LogP contribution in [0.25, 0.3) is 5.69 Å². The molecule has 1 fully saturated rings. The molecular formula is C31H30BrN3O6. The summed E-state index contributed by atoms with van der Waals surface area (Å²) in [5.41, 5.74) is -1.26. The molecule has 2 aromatic carbocycles. The van der Waals surface area contributed by atoms with Crippen molar-refractivity contribution in [2.75, 3.05) is 7.11 Å². The maximum Gasteiger partial charge on any atom is 0.352 e. The summed E-state index contributed by atoms with van der Waals surface area (Å²) in [5.74, 6) is -1.10. The number of para-hydroxylation sites is 1. The number of halogens is 1. The van der Waals surface area contributed by atoms with Crippen molar-refractivity contribution in [3.63, 3.8) is 0 Å². The number of benzene rings is 2. The molecule has 10 heteroatoms. The molecule has 1 saturated carbocycles. The number of phenols is 1.